The molecule has 3 nitrogen and oxygen atoms in total. The van der Waals surface area contributed by atoms with Gasteiger partial charge in [-0.25, -0.2) is 4.99 Å². The molecule has 1 aromatic heterocycles. The second-order valence-electron chi connectivity index (χ2n) is 5.56. The number of fused-ring (bicyclic) bond motifs is 7. The predicted octanol–water partition coefficient (Wildman–Crippen LogP) is 4.64. The van der Waals surface area contributed by atoms with E-state index >= 15 is 0 Å². The van der Waals surface area contributed by atoms with Crippen LogP contribution in [0.3, 0.4) is 0 Å². The zero-order valence-corrected chi connectivity index (χ0v) is 13.1. The number of hydrogen-bond acceptors (Lipinski definition) is 2. The van der Waals surface area contributed by atoms with Crippen LogP contribution in [0.1, 0.15) is 11.3 Å². The molecule has 2 aliphatic rings. The first-order valence-corrected chi connectivity index (χ1v) is 7.93. The first kappa shape index (κ1) is 12.2. The number of benzene rings is 2. The zero-order chi connectivity index (χ0) is 14.8. The number of allylic oxidation sites excluding steroid dienone is 2. The van der Waals surface area contributed by atoms with E-state index < -0.39 is 0 Å². The van der Waals surface area contributed by atoms with E-state index in [4.69, 9.17) is 4.99 Å². The standard InChI is InChI=1S/C18H11BrN2O/c19-10-5-6-13-15(9-10)21-8-7-12-11-3-1-2-4-14(11)20-16(12)17(21)18(13)22/h1-7,9,22H,8H2. The zero-order valence-electron chi connectivity index (χ0n) is 11.5. The van der Waals surface area contributed by atoms with Crippen molar-refractivity contribution < 1.29 is 5.11 Å². The molecule has 2 aromatic carbocycles. The fourth-order valence-electron chi connectivity index (χ4n) is 3.41. The van der Waals surface area contributed by atoms with Gasteiger partial charge in [0.1, 0.15) is 5.69 Å². The van der Waals surface area contributed by atoms with Gasteiger partial charge in [0.15, 0.2) is 5.75 Å². The summed E-state index contributed by atoms with van der Waals surface area (Å²) in [4.78, 5) is 4.75. The van der Waals surface area contributed by atoms with Gasteiger partial charge in [0, 0.05) is 27.5 Å². The van der Waals surface area contributed by atoms with Crippen LogP contribution in [-0.2, 0) is 6.54 Å². The van der Waals surface area contributed by atoms with E-state index in [2.05, 4.69) is 32.6 Å². The van der Waals surface area contributed by atoms with Gasteiger partial charge in [0.05, 0.1) is 16.9 Å². The SMILES string of the molecule is Oc1c2n(c3cc(Br)ccc13)CC=C1C2=Nc2ccccc21. The summed E-state index contributed by atoms with van der Waals surface area (Å²) in [5.74, 6) is 0.319. The Morgan fingerprint density at radius 2 is 2.00 bits per heavy atom. The molecule has 0 atom stereocenters. The van der Waals surface area contributed by atoms with Crippen LogP contribution >= 0.6 is 15.9 Å². The molecule has 0 spiro atoms. The maximum atomic E-state index is 10.7. The van der Waals surface area contributed by atoms with Gasteiger partial charge < -0.3 is 9.67 Å². The lowest BCUT2D eigenvalue weighted by Crippen LogP contribution is -2.14. The largest absolute Gasteiger partial charge is 0.505 e. The maximum Gasteiger partial charge on any atom is 0.150 e. The fourth-order valence-corrected chi connectivity index (χ4v) is 3.76. The lowest BCUT2D eigenvalue weighted by atomic mass is 9.98. The summed E-state index contributed by atoms with van der Waals surface area (Å²) in [7, 11) is 0. The summed E-state index contributed by atoms with van der Waals surface area (Å²) in [5, 5.41) is 11.6. The summed E-state index contributed by atoms with van der Waals surface area (Å²) in [6.45, 7) is 0.742. The average molecular weight is 351 g/mol. The highest BCUT2D eigenvalue weighted by molar-refractivity contribution is 9.10. The Labute approximate surface area is 135 Å². The first-order chi connectivity index (χ1) is 10.7. The van der Waals surface area contributed by atoms with E-state index in [1.807, 2.05) is 36.4 Å². The van der Waals surface area contributed by atoms with Crippen LogP contribution in [-0.4, -0.2) is 15.4 Å². The van der Waals surface area contributed by atoms with Crippen molar-refractivity contribution in [2.45, 2.75) is 6.54 Å². The summed E-state index contributed by atoms with van der Waals surface area (Å²) < 4.78 is 3.13. The molecule has 0 saturated heterocycles. The van der Waals surface area contributed by atoms with Crippen molar-refractivity contribution in [3.05, 3.63) is 64.3 Å². The van der Waals surface area contributed by atoms with E-state index in [-0.39, 0.29) is 0 Å². The van der Waals surface area contributed by atoms with Gasteiger partial charge in [-0.05, 0) is 24.3 Å². The van der Waals surface area contributed by atoms with Crippen molar-refractivity contribution in [1.82, 2.24) is 4.57 Å². The van der Waals surface area contributed by atoms with Crippen molar-refractivity contribution in [2.75, 3.05) is 0 Å². The van der Waals surface area contributed by atoms with Crippen molar-refractivity contribution in [1.29, 1.82) is 0 Å². The third-order valence-corrected chi connectivity index (χ3v) is 4.88. The first-order valence-electron chi connectivity index (χ1n) is 7.14. The van der Waals surface area contributed by atoms with Crippen molar-refractivity contribution in [3.63, 3.8) is 0 Å². The Balaban J connectivity index is 1.85. The highest BCUT2D eigenvalue weighted by Gasteiger charge is 2.31. The number of para-hydroxylation sites is 1. The molecule has 0 unspecified atom stereocenters. The van der Waals surface area contributed by atoms with Crippen LogP contribution in [0.4, 0.5) is 5.69 Å². The second-order valence-corrected chi connectivity index (χ2v) is 6.48. The number of hydrogen-bond donors (Lipinski definition) is 1. The molecule has 3 aromatic rings. The molecule has 1 N–H and O–H groups in total. The molecule has 0 fully saturated rings. The molecule has 3 heterocycles. The lowest BCUT2D eigenvalue weighted by molar-refractivity contribution is 0.477. The smallest absolute Gasteiger partial charge is 0.150 e. The van der Waals surface area contributed by atoms with E-state index in [0.29, 0.717) is 5.75 Å². The summed E-state index contributed by atoms with van der Waals surface area (Å²) >= 11 is 3.51. The van der Waals surface area contributed by atoms with Gasteiger partial charge in [-0.1, -0.05) is 40.2 Å². The Hall–Kier alpha value is -2.33. The average Bonchev–Trinajstić information content (AvgIpc) is 3.03. The number of aromatic hydroxyl groups is 1. The quantitative estimate of drug-likeness (QED) is 0.629. The Bertz CT molecular complexity index is 1030. The number of aliphatic imine (C=N–C) groups is 1. The van der Waals surface area contributed by atoms with Gasteiger partial charge in [0.2, 0.25) is 0 Å². The Kier molecular flexibility index (Phi) is 2.29. The topological polar surface area (TPSA) is 37.5 Å². The van der Waals surface area contributed by atoms with Gasteiger partial charge in [-0.15, -0.1) is 0 Å². The minimum atomic E-state index is 0.319. The van der Waals surface area contributed by atoms with Crippen LogP contribution in [0, 0.1) is 0 Å². The molecule has 0 saturated carbocycles. The molecule has 0 bridgehead atoms. The van der Waals surface area contributed by atoms with Crippen molar-refractivity contribution >= 4 is 43.8 Å². The summed E-state index contributed by atoms with van der Waals surface area (Å²) in [6.07, 6.45) is 2.19. The van der Waals surface area contributed by atoms with Crippen LogP contribution in [0.15, 0.2) is 58.0 Å². The third-order valence-electron chi connectivity index (χ3n) is 4.38. The molecule has 22 heavy (non-hydrogen) atoms. The van der Waals surface area contributed by atoms with Crippen molar-refractivity contribution in [2.24, 2.45) is 4.99 Å². The molecule has 2 aliphatic heterocycles. The number of nitrogens with zero attached hydrogens (tertiary/aromatic N) is 2. The van der Waals surface area contributed by atoms with Gasteiger partial charge in [-0.2, -0.15) is 0 Å². The second kappa shape index (κ2) is 4.11. The lowest BCUT2D eigenvalue weighted by Gasteiger charge is -2.16. The molecular weight excluding hydrogens is 340 g/mol. The van der Waals surface area contributed by atoms with E-state index in [9.17, 15) is 5.11 Å². The number of aromatic nitrogens is 1. The minimum absolute atomic E-state index is 0.319. The molecule has 0 aliphatic carbocycles. The van der Waals surface area contributed by atoms with Gasteiger partial charge in [-0.3, -0.25) is 0 Å². The van der Waals surface area contributed by atoms with E-state index in [1.165, 1.54) is 0 Å². The molecule has 106 valence electrons. The normalized spacial score (nSPS) is 15.1. The third kappa shape index (κ3) is 1.43. The number of halogens is 1. The Morgan fingerprint density at radius 1 is 1.14 bits per heavy atom. The van der Waals surface area contributed by atoms with Crippen LogP contribution < -0.4 is 0 Å². The highest BCUT2D eigenvalue weighted by atomic mass is 79.9. The summed E-state index contributed by atoms with van der Waals surface area (Å²) in [6, 6.07) is 14.1. The molecule has 0 radical (unpaired) electrons. The molecule has 4 heteroatoms. The minimum Gasteiger partial charge on any atom is -0.505 e. The van der Waals surface area contributed by atoms with E-state index in [0.717, 1.165) is 50.1 Å². The van der Waals surface area contributed by atoms with Gasteiger partial charge >= 0.3 is 0 Å². The summed E-state index contributed by atoms with van der Waals surface area (Å²) in [5.41, 5.74) is 5.97. The Morgan fingerprint density at radius 3 is 2.91 bits per heavy atom. The monoisotopic (exact) mass is 350 g/mol. The highest BCUT2D eigenvalue weighted by Crippen LogP contribution is 2.44. The fraction of sp³-hybridized carbons (Fsp3) is 0.0556. The number of rotatable bonds is 0. The molecule has 5 rings (SSSR count). The van der Waals surface area contributed by atoms with Crippen LogP contribution in [0.2, 0.25) is 0 Å². The molecule has 0 amide bonds. The van der Waals surface area contributed by atoms with Crippen LogP contribution in [0.5, 0.6) is 5.75 Å². The maximum absolute atomic E-state index is 10.7. The van der Waals surface area contributed by atoms with Crippen LogP contribution in [0.25, 0.3) is 16.5 Å². The predicted molar refractivity (Wildman–Crippen MR) is 91.9 cm³/mol. The van der Waals surface area contributed by atoms with E-state index in [1.54, 1.807) is 0 Å². The van der Waals surface area contributed by atoms with Gasteiger partial charge in [0.25, 0.3) is 0 Å². The van der Waals surface area contributed by atoms with Crippen molar-refractivity contribution in [3.8, 4) is 5.75 Å². The molecular formula is C18H11BrN2O.